The van der Waals surface area contributed by atoms with Crippen molar-refractivity contribution in [1.82, 2.24) is 14.9 Å². The third-order valence-electron chi connectivity index (χ3n) is 7.34. The summed E-state index contributed by atoms with van der Waals surface area (Å²) in [7, 11) is -3.71. The van der Waals surface area contributed by atoms with Crippen LogP contribution in [0.3, 0.4) is 0 Å². The van der Waals surface area contributed by atoms with Crippen LogP contribution in [0.15, 0.2) is 91.1 Å². The molecule has 0 aliphatic rings. The molecule has 1 amide bonds. The Bertz CT molecular complexity index is 1940. The number of carbonyl (C=O) groups is 2. The second-order valence-corrected chi connectivity index (χ2v) is 12.6. The van der Waals surface area contributed by atoms with E-state index in [0.29, 0.717) is 45.4 Å². The van der Waals surface area contributed by atoms with E-state index >= 15 is 0 Å². The molecule has 0 fully saturated rings. The number of fused-ring (bicyclic) bond motifs is 1. The van der Waals surface area contributed by atoms with Crippen molar-refractivity contribution in [2.45, 2.75) is 26.3 Å². The number of sulfonamides is 1. The first-order chi connectivity index (χ1) is 20.4. The molecule has 0 atom stereocenters. The van der Waals surface area contributed by atoms with E-state index in [4.69, 9.17) is 0 Å². The molecule has 43 heavy (non-hydrogen) atoms. The molecule has 0 radical (unpaired) electrons. The van der Waals surface area contributed by atoms with Gasteiger partial charge in [-0.15, -0.1) is 0 Å². The lowest BCUT2D eigenvalue weighted by Crippen LogP contribution is -2.40. The van der Waals surface area contributed by atoms with Gasteiger partial charge in [-0.25, -0.2) is 17.3 Å². The number of benzene rings is 3. The number of pyridine rings is 1. The quantitative estimate of drug-likeness (QED) is 0.208. The number of rotatable bonds is 9. The van der Waals surface area contributed by atoms with Gasteiger partial charge in [0.2, 0.25) is 10.0 Å². The Morgan fingerprint density at radius 2 is 1.70 bits per heavy atom. The number of nitrogens with one attached hydrogen (secondary N) is 1. The molecule has 0 unspecified atom stereocenters. The van der Waals surface area contributed by atoms with Crippen molar-refractivity contribution in [2.24, 2.45) is 0 Å². The Balaban J connectivity index is 1.66. The molecule has 0 aliphatic heterocycles. The minimum absolute atomic E-state index is 0.134. The second kappa shape index (κ2) is 11.4. The van der Waals surface area contributed by atoms with Gasteiger partial charge in [0.15, 0.2) is 6.29 Å². The average Bonchev–Trinajstić information content (AvgIpc) is 3.34. The maximum absolute atomic E-state index is 13.6. The van der Waals surface area contributed by atoms with E-state index in [1.165, 1.54) is 33.1 Å². The van der Waals surface area contributed by atoms with E-state index < -0.39 is 21.4 Å². The van der Waals surface area contributed by atoms with Gasteiger partial charge < -0.3 is 5.32 Å². The van der Waals surface area contributed by atoms with Crippen molar-refractivity contribution in [3.8, 4) is 22.4 Å². The van der Waals surface area contributed by atoms with Crippen LogP contribution in [-0.2, 0) is 15.6 Å². The van der Waals surface area contributed by atoms with Crippen molar-refractivity contribution in [3.63, 3.8) is 0 Å². The molecule has 5 rings (SSSR count). The number of anilines is 1. The van der Waals surface area contributed by atoms with Crippen LogP contribution in [0.2, 0.25) is 0 Å². The van der Waals surface area contributed by atoms with Crippen LogP contribution in [0.1, 0.15) is 47.1 Å². The maximum Gasteiger partial charge on any atom is 0.251 e. The summed E-state index contributed by atoms with van der Waals surface area (Å²) in [6, 6.07) is 23.8. The van der Waals surface area contributed by atoms with Gasteiger partial charge in [-0.2, -0.15) is 5.10 Å². The van der Waals surface area contributed by atoms with E-state index in [1.807, 2.05) is 44.2 Å². The standard InChI is InChI=1S/C33H31FN4O4S/c1-5-38(43(4,41)42)30-20-37-29(28(21-39)31(36-37)22-14-16-26(34)17-15-22)19-27(30)23-10-9-11-24(18-23)32(40)35-33(2,3)25-12-7-6-8-13-25/h6-21H,5H2,1-4H3,(H,35,40). The molecule has 0 spiro atoms. The number of amides is 1. The minimum atomic E-state index is -3.71. The fourth-order valence-electron chi connectivity index (χ4n) is 5.16. The van der Waals surface area contributed by atoms with Crippen molar-refractivity contribution in [2.75, 3.05) is 17.1 Å². The summed E-state index contributed by atoms with van der Waals surface area (Å²) in [4.78, 5) is 25.8. The summed E-state index contributed by atoms with van der Waals surface area (Å²) < 4.78 is 42.0. The van der Waals surface area contributed by atoms with E-state index in [0.717, 1.165) is 11.8 Å². The number of aromatic nitrogens is 2. The largest absolute Gasteiger partial charge is 0.343 e. The normalized spacial score (nSPS) is 11.8. The number of hydrogen-bond donors (Lipinski definition) is 1. The Morgan fingerprint density at radius 3 is 2.33 bits per heavy atom. The van der Waals surface area contributed by atoms with Gasteiger partial charge in [-0.1, -0.05) is 42.5 Å². The first kappa shape index (κ1) is 29.7. The van der Waals surface area contributed by atoms with Gasteiger partial charge in [0.05, 0.1) is 34.8 Å². The van der Waals surface area contributed by atoms with Crippen molar-refractivity contribution in [1.29, 1.82) is 0 Å². The van der Waals surface area contributed by atoms with E-state index in [1.54, 1.807) is 43.5 Å². The topological polar surface area (TPSA) is 101 Å². The molecule has 2 heterocycles. The molecular weight excluding hydrogens is 567 g/mol. The molecule has 0 saturated carbocycles. The van der Waals surface area contributed by atoms with Crippen molar-refractivity contribution >= 4 is 33.4 Å². The van der Waals surface area contributed by atoms with Crippen LogP contribution in [-0.4, -0.2) is 43.0 Å². The molecule has 0 bridgehead atoms. The highest BCUT2D eigenvalue weighted by molar-refractivity contribution is 7.92. The summed E-state index contributed by atoms with van der Waals surface area (Å²) in [5, 5.41) is 7.65. The number of halogens is 1. The smallest absolute Gasteiger partial charge is 0.251 e. The Hall–Kier alpha value is -4.83. The summed E-state index contributed by atoms with van der Waals surface area (Å²) in [5.74, 6) is -0.724. The highest BCUT2D eigenvalue weighted by Gasteiger charge is 2.26. The number of aldehydes is 1. The van der Waals surface area contributed by atoms with Crippen LogP contribution in [0.25, 0.3) is 27.9 Å². The Morgan fingerprint density at radius 1 is 1.00 bits per heavy atom. The van der Waals surface area contributed by atoms with Crippen LogP contribution in [0.5, 0.6) is 0 Å². The van der Waals surface area contributed by atoms with Gasteiger partial charge in [0.25, 0.3) is 5.91 Å². The molecular formula is C33H31FN4O4S. The average molecular weight is 599 g/mol. The van der Waals surface area contributed by atoms with Gasteiger partial charge in [0.1, 0.15) is 11.5 Å². The second-order valence-electron chi connectivity index (χ2n) is 10.7. The molecule has 2 aromatic heterocycles. The van der Waals surface area contributed by atoms with Crippen LogP contribution in [0.4, 0.5) is 10.1 Å². The van der Waals surface area contributed by atoms with E-state index in [9.17, 15) is 22.4 Å². The summed E-state index contributed by atoms with van der Waals surface area (Å²) in [6.07, 6.45) is 3.35. The zero-order chi connectivity index (χ0) is 30.9. The third-order valence-corrected chi connectivity index (χ3v) is 8.59. The molecule has 220 valence electrons. The van der Waals surface area contributed by atoms with Gasteiger partial charge in [0, 0.05) is 23.2 Å². The van der Waals surface area contributed by atoms with Gasteiger partial charge >= 0.3 is 0 Å². The number of carbonyl (C=O) groups excluding carboxylic acids is 2. The monoisotopic (exact) mass is 598 g/mol. The predicted octanol–water partition coefficient (Wildman–Crippen LogP) is 6.07. The van der Waals surface area contributed by atoms with Gasteiger partial charge in [-0.3, -0.25) is 13.9 Å². The molecule has 0 aliphatic carbocycles. The molecule has 8 nitrogen and oxygen atoms in total. The van der Waals surface area contributed by atoms with Crippen LogP contribution >= 0.6 is 0 Å². The molecule has 1 N–H and O–H groups in total. The minimum Gasteiger partial charge on any atom is -0.343 e. The molecule has 10 heteroatoms. The fraction of sp³-hybridized carbons (Fsp3) is 0.182. The molecule has 3 aromatic carbocycles. The summed E-state index contributed by atoms with van der Waals surface area (Å²) in [6.45, 7) is 5.69. The lowest BCUT2D eigenvalue weighted by Gasteiger charge is -2.27. The Kier molecular flexibility index (Phi) is 7.90. The van der Waals surface area contributed by atoms with Crippen LogP contribution in [0, 0.1) is 5.82 Å². The highest BCUT2D eigenvalue weighted by atomic mass is 32.2. The van der Waals surface area contributed by atoms with E-state index in [-0.39, 0.29) is 18.0 Å². The first-order valence-corrected chi connectivity index (χ1v) is 15.5. The summed E-state index contributed by atoms with van der Waals surface area (Å²) in [5.41, 5.74) is 3.62. The van der Waals surface area contributed by atoms with E-state index in [2.05, 4.69) is 10.4 Å². The van der Waals surface area contributed by atoms with Gasteiger partial charge in [-0.05, 0) is 74.4 Å². The lowest BCUT2D eigenvalue weighted by atomic mass is 9.93. The predicted molar refractivity (Wildman–Crippen MR) is 166 cm³/mol. The van der Waals surface area contributed by atoms with Crippen molar-refractivity contribution < 1.29 is 22.4 Å². The SMILES string of the molecule is CCN(c1cn2nc(-c3ccc(F)cc3)c(C=O)c2cc1-c1cccc(C(=O)NC(C)(C)c2ccccc2)c1)S(C)(=O)=O. The Labute approximate surface area is 249 Å². The summed E-state index contributed by atoms with van der Waals surface area (Å²) >= 11 is 0. The maximum atomic E-state index is 13.6. The van der Waals surface area contributed by atoms with Crippen molar-refractivity contribution in [3.05, 3.63) is 114 Å². The number of nitrogens with zero attached hydrogens (tertiary/aromatic N) is 3. The third kappa shape index (κ3) is 5.91. The lowest BCUT2D eigenvalue weighted by molar-refractivity contribution is 0.0911. The molecule has 5 aromatic rings. The fourth-order valence-corrected chi connectivity index (χ4v) is 6.13. The first-order valence-electron chi connectivity index (χ1n) is 13.7. The molecule has 0 saturated heterocycles. The zero-order valence-corrected chi connectivity index (χ0v) is 25.0. The zero-order valence-electron chi connectivity index (χ0n) is 24.2. The van der Waals surface area contributed by atoms with Crippen LogP contribution < -0.4 is 9.62 Å². The number of hydrogen-bond acceptors (Lipinski definition) is 5. The highest BCUT2D eigenvalue weighted by Crippen LogP contribution is 2.36.